The van der Waals surface area contributed by atoms with Crippen LogP contribution in [0.2, 0.25) is 0 Å². The fraction of sp³-hybridized carbons (Fsp3) is 0.269. The summed E-state index contributed by atoms with van der Waals surface area (Å²) in [4.78, 5) is 13.2. The van der Waals surface area contributed by atoms with E-state index in [9.17, 15) is 4.79 Å². The van der Waals surface area contributed by atoms with Gasteiger partial charge in [-0.2, -0.15) is 0 Å². The molecule has 3 nitrogen and oxygen atoms in total. The van der Waals surface area contributed by atoms with Crippen LogP contribution < -0.4 is 10.1 Å². The van der Waals surface area contributed by atoms with E-state index in [-0.39, 0.29) is 11.9 Å². The Morgan fingerprint density at radius 2 is 1.52 bits per heavy atom. The monoisotopic (exact) mass is 387 g/mol. The molecule has 0 spiro atoms. The van der Waals surface area contributed by atoms with E-state index in [4.69, 9.17) is 4.74 Å². The van der Waals surface area contributed by atoms with Crippen LogP contribution in [0.25, 0.3) is 0 Å². The summed E-state index contributed by atoms with van der Waals surface area (Å²) >= 11 is 0. The van der Waals surface area contributed by atoms with Crippen molar-refractivity contribution in [3.05, 3.63) is 101 Å². The second-order valence-electron chi connectivity index (χ2n) is 7.48. The first-order chi connectivity index (χ1) is 14.0. The SMILES string of the molecule is CC[C@H](Oc1cccc(C)c1C)C(=O)N[C@@H](c1ccccc1)c1ccc(C)cc1. The Balaban J connectivity index is 1.84. The largest absolute Gasteiger partial charge is 0.480 e. The van der Waals surface area contributed by atoms with Gasteiger partial charge in [0.05, 0.1) is 6.04 Å². The number of rotatable bonds is 7. The van der Waals surface area contributed by atoms with Crippen LogP contribution in [0.4, 0.5) is 0 Å². The maximum absolute atomic E-state index is 13.2. The van der Waals surface area contributed by atoms with Crippen LogP contribution in [0.15, 0.2) is 72.8 Å². The molecule has 0 fully saturated rings. The molecule has 0 aliphatic heterocycles. The number of benzene rings is 3. The average molecular weight is 388 g/mol. The highest BCUT2D eigenvalue weighted by Gasteiger charge is 2.24. The minimum Gasteiger partial charge on any atom is -0.480 e. The van der Waals surface area contributed by atoms with E-state index in [2.05, 4.69) is 36.5 Å². The van der Waals surface area contributed by atoms with Crippen LogP contribution in [0, 0.1) is 20.8 Å². The van der Waals surface area contributed by atoms with Crippen molar-refractivity contribution in [2.45, 2.75) is 46.3 Å². The van der Waals surface area contributed by atoms with Gasteiger partial charge in [0, 0.05) is 0 Å². The van der Waals surface area contributed by atoms with Crippen LogP contribution in [0.1, 0.15) is 47.2 Å². The zero-order chi connectivity index (χ0) is 20.8. The number of aryl methyl sites for hydroxylation is 2. The number of ether oxygens (including phenoxy) is 1. The first-order valence-corrected chi connectivity index (χ1v) is 10.1. The molecule has 0 radical (unpaired) electrons. The normalized spacial score (nSPS) is 12.8. The van der Waals surface area contributed by atoms with Crippen LogP contribution in [0.5, 0.6) is 5.75 Å². The Morgan fingerprint density at radius 3 is 2.17 bits per heavy atom. The molecule has 2 atom stereocenters. The Bertz CT molecular complexity index is 948. The predicted octanol–water partition coefficient (Wildman–Crippen LogP) is 5.68. The van der Waals surface area contributed by atoms with Crippen molar-refractivity contribution >= 4 is 5.91 Å². The van der Waals surface area contributed by atoms with Crippen molar-refractivity contribution in [3.63, 3.8) is 0 Å². The van der Waals surface area contributed by atoms with Gasteiger partial charge in [0.25, 0.3) is 5.91 Å². The molecule has 1 N–H and O–H groups in total. The Kier molecular flexibility index (Phi) is 6.71. The number of hydrogen-bond donors (Lipinski definition) is 1. The van der Waals surface area contributed by atoms with Crippen molar-refractivity contribution in [3.8, 4) is 5.75 Å². The molecular formula is C26H29NO2. The predicted molar refractivity (Wildman–Crippen MR) is 118 cm³/mol. The molecule has 3 aromatic rings. The molecule has 0 heterocycles. The highest BCUT2D eigenvalue weighted by atomic mass is 16.5. The summed E-state index contributed by atoms with van der Waals surface area (Å²) in [6.07, 6.45) is 0.0430. The quantitative estimate of drug-likeness (QED) is 0.567. The third-order valence-corrected chi connectivity index (χ3v) is 5.32. The van der Waals surface area contributed by atoms with Gasteiger partial charge in [-0.3, -0.25) is 4.79 Å². The molecule has 1 amide bonds. The maximum Gasteiger partial charge on any atom is 0.261 e. The van der Waals surface area contributed by atoms with Crippen molar-refractivity contribution in [2.24, 2.45) is 0 Å². The third-order valence-electron chi connectivity index (χ3n) is 5.32. The lowest BCUT2D eigenvalue weighted by molar-refractivity contribution is -0.128. The van der Waals surface area contributed by atoms with Crippen LogP contribution in [-0.2, 0) is 4.79 Å². The van der Waals surface area contributed by atoms with Gasteiger partial charge in [-0.15, -0.1) is 0 Å². The number of nitrogens with one attached hydrogen (secondary N) is 1. The number of carbonyl (C=O) groups is 1. The Labute approximate surface area is 173 Å². The highest BCUT2D eigenvalue weighted by Crippen LogP contribution is 2.25. The molecular weight excluding hydrogens is 358 g/mol. The standard InChI is InChI=1S/C26H29NO2/c1-5-23(29-24-13-9-10-19(3)20(24)4)26(28)27-25(21-11-7-6-8-12-21)22-16-14-18(2)15-17-22/h6-17,23,25H,5H2,1-4H3,(H,27,28)/t23-,25-/m0/s1. The molecule has 0 aromatic heterocycles. The molecule has 0 aliphatic rings. The smallest absolute Gasteiger partial charge is 0.261 e. The van der Waals surface area contributed by atoms with Gasteiger partial charge < -0.3 is 10.1 Å². The zero-order valence-corrected chi connectivity index (χ0v) is 17.6. The lowest BCUT2D eigenvalue weighted by atomic mass is 9.97. The van der Waals surface area contributed by atoms with Gasteiger partial charge >= 0.3 is 0 Å². The maximum atomic E-state index is 13.2. The lowest BCUT2D eigenvalue weighted by Gasteiger charge is -2.24. The van der Waals surface area contributed by atoms with E-state index < -0.39 is 6.10 Å². The number of carbonyl (C=O) groups excluding carboxylic acids is 1. The Hall–Kier alpha value is -3.07. The van der Waals surface area contributed by atoms with E-state index in [0.717, 1.165) is 28.0 Å². The van der Waals surface area contributed by atoms with Crippen molar-refractivity contribution < 1.29 is 9.53 Å². The fourth-order valence-electron chi connectivity index (χ4n) is 3.33. The molecule has 0 unspecified atom stereocenters. The summed E-state index contributed by atoms with van der Waals surface area (Å²) < 4.78 is 6.12. The molecule has 29 heavy (non-hydrogen) atoms. The summed E-state index contributed by atoms with van der Waals surface area (Å²) in [5.74, 6) is 0.654. The second-order valence-corrected chi connectivity index (χ2v) is 7.48. The molecule has 0 saturated carbocycles. The molecule has 3 rings (SSSR count). The summed E-state index contributed by atoms with van der Waals surface area (Å²) in [6.45, 7) is 8.10. The van der Waals surface area contributed by atoms with E-state index >= 15 is 0 Å². The summed E-state index contributed by atoms with van der Waals surface area (Å²) in [7, 11) is 0. The molecule has 0 saturated heterocycles. The fourth-order valence-corrected chi connectivity index (χ4v) is 3.33. The minimum absolute atomic E-state index is 0.108. The van der Waals surface area contributed by atoms with Crippen LogP contribution in [0.3, 0.4) is 0 Å². The van der Waals surface area contributed by atoms with E-state index in [1.54, 1.807) is 0 Å². The topological polar surface area (TPSA) is 38.3 Å². The van der Waals surface area contributed by atoms with Crippen molar-refractivity contribution in [1.29, 1.82) is 0 Å². The molecule has 3 aromatic carbocycles. The van der Waals surface area contributed by atoms with Gasteiger partial charge in [0.2, 0.25) is 0 Å². The van der Waals surface area contributed by atoms with E-state index in [0.29, 0.717) is 6.42 Å². The Morgan fingerprint density at radius 1 is 0.862 bits per heavy atom. The van der Waals surface area contributed by atoms with Crippen molar-refractivity contribution in [2.75, 3.05) is 0 Å². The molecule has 0 bridgehead atoms. The molecule has 0 aliphatic carbocycles. The summed E-state index contributed by atoms with van der Waals surface area (Å²) in [6, 6.07) is 24.0. The third kappa shape index (κ3) is 5.05. The van der Waals surface area contributed by atoms with Gasteiger partial charge in [-0.25, -0.2) is 0 Å². The van der Waals surface area contributed by atoms with E-state index in [1.807, 2.05) is 69.3 Å². The number of amides is 1. The van der Waals surface area contributed by atoms with Crippen molar-refractivity contribution in [1.82, 2.24) is 5.32 Å². The number of hydrogen-bond acceptors (Lipinski definition) is 2. The highest BCUT2D eigenvalue weighted by molar-refractivity contribution is 5.82. The summed E-state index contributed by atoms with van der Waals surface area (Å²) in [5.41, 5.74) is 5.51. The zero-order valence-electron chi connectivity index (χ0n) is 17.6. The van der Waals surface area contributed by atoms with Gasteiger partial charge in [-0.1, -0.05) is 79.2 Å². The molecule has 150 valence electrons. The molecule has 3 heteroatoms. The first-order valence-electron chi connectivity index (χ1n) is 10.1. The van der Waals surface area contributed by atoms with Gasteiger partial charge in [-0.05, 0) is 55.5 Å². The van der Waals surface area contributed by atoms with Gasteiger partial charge in [0.1, 0.15) is 5.75 Å². The minimum atomic E-state index is -0.549. The average Bonchev–Trinajstić information content (AvgIpc) is 2.74. The van der Waals surface area contributed by atoms with Crippen LogP contribution in [-0.4, -0.2) is 12.0 Å². The van der Waals surface area contributed by atoms with Gasteiger partial charge in [0.15, 0.2) is 6.10 Å². The summed E-state index contributed by atoms with van der Waals surface area (Å²) in [5, 5.41) is 3.21. The first kappa shape index (κ1) is 20.7. The van der Waals surface area contributed by atoms with E-state index in [1.165, 1.54) is 5.56 Å². The second kappa shape index (κ2) is 9.42. The van der Waals surface area contributed by atoms with Crippen LogP contribution >= 0.6 is 0 Å². The lowest BCUT2D eigenvalue weighted by Crippen LogP contribution is -2.40.